The number of halogens is 1. The second-order valence-corrected chi connectivity index (χ2v) is 4.76. The minimum Gasteiger partial charge on any atom is -0.383 e. The Hall–Kier alpha value is -0.320. The summed E-state index contributed by atoms with van der Waals surface area (Å²) in [7, 11) is 1.61. The molecule has 0 spiro atoms. The topological polar surface area (TPSA) is 47.6 Å². The minimum absolute atomic E-state index is 0.0226. The summed E-state index contributed by atoms with van der Waals surface area (Å²) >= 11 is 5.94. The van der Waals surface area contributed by atoms with Crippen LogP contribution in [-0.2, 0) is 14.3 Å². The molecular formula is C11H20ClNO3. The Bertz CT molecular complexity index is 225. The standard InChI is InChI=1S/C11H20ClNO3/c1-8-3-4-10(16-8)11(14)13-6-5-9(12)7-15-2/h8-10H,3-7H2,1-2H3,(H,13,14). The second kappa shape index (κ2) is 7.09. The van der Waals surface area contributed by atoms with E-state index in [0.29, 0.717) is 19.6 Å². The van der Waals surface area contributed by atoms with Crippen LogP contribution < -0.4 is 5.32 Å². The monoisotopic (exact) mass is 249 g/mol. The molecule has 1 aliphatic rings. The molecule has 4 nitrogen and oxygen atoms in total. The van der Waals surface area contributed by atoms with Crippen molar-refractivity contribution in [1.82, 2.24) is 5.32 Å². The molecule has 1 N–H and O–H groups in total. The van der Waals surface area contributed by atoms with Crippen LogP contribution in [0, 0.1) is 0 Å². The summed E-state index contributed by atoms with van der Waals surface area (Å²) in [6.45, 7) is 3.07. The largest absolute Gasteiger partial charge is 0.383 e. The molecule has 0 aliphatic carbocycles. The summed E-state index contributed by atoms with van der Waals surface area (Å²) < 4.78 is 10.4. The molecule has 0 aromatic carbocycles. The number of carbonyl (C=O) groups is 1. The number of alkyl halides is 1. The Morgan fingerprint density at radius 2 is 2.38 bits per heavy atom. The molecule has 0 aromatic heterocycles. The quantitative estimate of drug-likeness (QED) is 0.723. The number of hydrogen-bond acceptors (Lipinski definition) is 3. The van der Waals surface area contributed by atoms with Crippen molar-refractivity contribution in [2.24, 2.45) is 0 Å². The molecule has 1 heterocycles. The van der Waals surface area contributed by atoms with Crippen LogP contribution in [0.3, 0.4) is 0 Å². The molecule has 5 heteroatoms. The number of carbonyl (C=O) groups excluding carboxylic acids is 1. The van der Waals surface area contributed by atoms with Crippen molar-refractivity contribution < 1.29 is 14.3 Å². The van der Waals surface area contributed by atoms with Crippen molar-refractivity contribution in [3.8, 4) is 0 Å². The van der Waals surface area contributed by atoms with Gasteiger partial charge in [-0.3, -0.25) is 4.79 Å². The lowest BCUT2D eigenvalue weighted by Crippen LogP contribution is -2.36. The van der Waals surface area contributed by atoms with Gasteiger partial charge in [-0.25, -0.2) is 0 Å². The van der Waals surface area contributed by atoms with Crippen molar-refractivity contribution in [2.75, 3.05) is 20.3 Å². The average molecular weight is 250 g/mol. The van der Waals surface area contributed by atoms with Crippen LogP contribution in [0.15, 0.2) is 0 Å². The maximum Gasteiger partial charge on any atom is 0.249 e. The van der Waals surface area contributed by atoms with Gasteiger partial charge in [0.1, 0.15) is 6.10 Å². The SMILES string of the molecule is COCC(Cl)CCNC(=O)C1CCC(C)O1. The number of amides is 1. The fraction of sp³-hybridized carbons (Fsp3) is 0.909. The van der Waals surface area contributed by atoms with Crippen LogP contribution in [-0.4, -0.2) is 43.8 Å². The number of ether oxygens (including phenoxy) is 2. The molecule has 0 saturated carbocycles. The van der Waals surface area contributed by atoms with Gasteiger partial charge in [0, 0.05) is 13.7 Å². The average Bonchev–Trinajstić information content (AvgIpc) is 2.65. The van der Waals surface area contributed by atoms with E-state index in [1.165, 1.54) is 0 Å². The van der Waals surface area contributed by atoms with Crippen LogP contribution >= 0.6 is 11.6 Å². The smallest absolute Gasteiger partial charge is 0.249 e. The lowest BCUT2D eigenvalue weighted by Gasteiger charge is -2.13. The Balaban J connectivity index is 2.11. The van der Waals surface area contributed by atoms with Crippen molar-refractivity contribution >= 4 is 17.5 Å². The zero-order valence-corrected chi connectivity index (χ0v) is 10.6. The predicted molar refractivity (Wildman–Crippen MR) is 62.7 cm³/mol. The van der Waals surface area contributed by atoms with Gasteiger partial charge in [0.2, 0.25) is 5.91 Å². The highest BCUT2D eigenvalue weighted by Crippen LogP contribution is 2.18. The summed E-state index contributed by atoms with van der Waals surface area (Å²) in [4.78, 5) is 11.6. The highest BCUT2D eigenvalue weighted by Gasteiger charge is 2.27. The van der Waals surface area contributed by atoms with E-state index in [1.807, 2.05) is 6.92 Å². The van der Waals surface area contributed by atoms with E-state index in [-0.39, 0.29) is 23.5 Å². The molecule has 1 fully saturated rings. The normalized spacial score (nSPS) is 26.7. The first-order valence-electron chi connectivity index (χ1n) is 5.69. The summed E-state index contributed by atoms with van der Waals surface area (Å²) in [6, 6.07) is 0. The highest BCUT2D eigenvalue weighted by molar-refractivity contribution is 6.20. The molecule has 1 amide bonds. The first-order chi connectivity index (χ1) is 7.63. The Labute approximate surface area is 102 Å². The van der Waals surface area contributed by atoms with Gasteiger partial charge in [-0.1, -0.05) is 0 Å². The number of methoxy groups -OCH3 is 1. The summed E-state index contributed by atoms with van der Waals surface area (Å²) in [5.74, 6) is -0.0226. The molecule has 0 bridgehead atoms. The van der Waals surface area contributed by atoms with Crippen molar-refractivity contribution in [1.29, 1.82) is 0 Å². The van der Waals surface area contributed by atoms with Crippen molar-refractivity contribution in [3.05, 3.63) is 0 Å². The van der Waals surface area contributed by atoms with Gasteiger partial charge in [-0.05, 0) is 26.2 Å². The number of rotatable bonds is 6. The van der Waals surface area contributed by atoms with Crippen LogP contribution in [0.4, 0.5) is 0 Å². The van der Waals surface area contributed by atoms with Crippen molar-refractivity contribution in [2.45, 2.75) is 43.8 Å². The van der Waals surface area contributed by atoms with Gasteiger partial charge in [-0.15, -0.1) is 11.6 Å². The molecule has 1 aliphatic heterocycles. The molecule has 16 heavy (non-hydrogen) atoms. The Morgan fingerprint density at radius 1 is 1.62 bits per heavy atom. The summed E-state index contributed by atoms with van der Waals surface area (Å²) in [5, 5.41) is 2.78. The molecular weight excluding hydrogens is 230 g/mol. The van der Waals surface area contributed by atoms with E-state index in [1.54, 1.807) is 7.11 Å². The highest BCUT2D eigenvalue weighted by atomic mass is 35.5. The third-order valence-electron chi connectivity index (χ3n) is 2.63. The molecule has 1 saturated heterocycles. The van der Waals surface area contributed by atoms with Crippen LogP contribution in [0.5, 0.6) is 0 Å². The lowest BCUT2D eigenvalue weighted by molar-refractivity contribution is -0.131. The Kier molecular flexibility index (Phi) is 6.09. The van der Waals surface area contributed by atoms with E-state index < -0.39 is 0 Å². The molecule has 3 atom stereocenters. The summed E-state index contributed by atoms with van der Waals surface area (Å²) in [5.41, 5.74) is 0. The second-order valence-electron chi connectivity index (χ2n) is 4.15. The lowest BCUT2D eigenvalue weighted by atomic mass is 10.2. The van der Waals surface area contributed by atoms with E-state index in [4.69, 9.17) is 21.1 Å². The fourth-order valence-corrected chi connectivity index (χ4v) is 1.96. The maximum atomic E-state index is 11.6. The van der Waals surface area contributed by atoms with Gasteiger partial charge in [0.25, 0.3) is 0 Å². The molecule has 0 radical (unpaired) electrons. The first-order valence-corrected chi connectivity index (χ1v) is 6.13. The van der Waals surface area contributed by atoms with Gasteiger partial charge in [-0.2, -0.15) is 0 Å². The zero-order valence-electron chi connectivity index (χ0n) is 9.87. The third-order valence-corrected chi connectivity index (χ3v) is 2.97. The minimum atomic E-state index is -0.272. The van der Waals surface area contributed by atoms with Crippen LogP contribution in [0.1, 0.15) is 26.2 Å². The van der Waals surface area contributed by atoms with Gasteiger partial charge in [0.15, 0.2) is 0 Å². The van der Waals surface area contributed by atoms with E-state index >= 15 is 0 Å². The maximum absolute atomic E-state index is 11.6. The zero-order chi connectivity index (χ0) is 12.0. The number of hydrogen-bond donors (Lipinski definition) is 1. The van der Waals surface area contributed by atoms with E-state index in [0.717, 1.165) is 12.8 Å². The molecule has 94 valence electrons. The molecule has 0 aromatic rings. The predicted octanol–water partition coefficient (Wildman–Crippen LogP) is 1.31. The van der Waals surface area contributed by atoms with Crippen LogP contribution in [0.2, 0.25) is 0 Å². The first kappa shape index (κ1) is 13.7. The third kappa shape index (κ3) is 4.68. The number of nitrogens with one attached hydrogen (secondary N) is 1. The van der Waals surface area contributed by atoms with Crippen LogP contribution in [0.25, 0.3) is 0 Å². The molecule has 3 unspecified atom stereocenters. The van der Waals surface area contributed by atoms with E-state index in [9.17, 15) is 4.79 Å². The Morgan fingerprint density at radius 3 is 2.94 bits per heavy atom. The van der Waals surface area contributed by atoms with E-state index in [2.05, 4.69) is 5.32 Å². The summed E-state index contributed by atoms with van der Waals surface area (Å²) in [6.07, 6.45) is 2.41. The van der Waals surface area contributed by atoms with Crippen molar-refractivity contribution in [3.63, 3.8) is 0 Å². The van der Waals surface area contributed by atoms with Gasteiger partial charge in [0.05, 0.1) is 18.1 Å². The fourth-order valence-electron chi connectivity index (χ4n) is 1.73. The van der Waals surface area contributed by atoms with Gasteiger partial charge < -0.3 is 14.8 Å². The molecule has 1 rings (SSSR count). The van der Waals surface area contributed by atoms with Gasteiger partial charge >= 0.3 is 0 Å².